The molecule has 86 valence electrons. The average molecular weight is 235 g/mol. The van der Waals surface area contributed by atoms with Gasteiger partial charge in [0.1, 0.15) is 11.1 Å². The monoisotopic (exact) mass is 235 g/mol. The summed E-state index contributed by atoms with van der Waals surface area (Å²) < 4.78 is 0. The molecule has 0 amide bonds. The number of nitriles is 1. The third kappa shape index (κ3) is 3.84. The molecule has 0 N–H and O–H groups in total. The van der Waals surface area contributed by atoms with Gasteiger partial charge in [-0.15, -0.1) is 11.8 Å². The summed E-state index contributed by atoms with van der Waals surface area (Å²) in [7, 11) is 0. The molecular weight excluding hydrogens is 218 g/mol. The fourth-order valence-corrected chi connectivity index (χ4v) is 2.35. The summed E-state index contributed by atoms with van der Waals surface area (Å²) in [6, 6.07) is 5.78. The van der Waals surface area contributed by atoms with E-state index in [9.17, 15) is 0 Å². The van der Waals surface area contributed by atoms with Crippen molar-refractivity contribution in [2.45, 2.75) is 18.9 Å². The van der Waals surface area contributed by atoms with Gasteiger partial charge in [-0.2, -0.15) is 5.26 Å². The first-order valence-corrected chi connectivity index (χ1v) is 6.50. The van der Waals surface area contributed by atoms with Gasteiger partial charge in [-0.05, 0) is 25.2 Å². The van der Waals surface area contributed by atoms with Gasteiger partial charge in [0, 0.05) is 18.5 Å². The molecule has 4 heteroatoms. The van der Waals surface area contributed by atoms with Crippen molar-refractivity contribution in [1.82, 2.24) is 9.88 Å². The van der Waals surface area contributed by atoms with Crippen LogP contribution in [0.5, 0.6) is 0 Å². The molecule has 0 aliphatic carbocycles. The maximum absolute atomic E-state index is 8.91. The number of hydrogen-bond acceptors (Lipinski definition) is 4. The van der Waals surface area contributed by atoms with Crippen molar-refractivity contribution in [3.05, 3.63) is 23.9 Å². The van der Waals surface area contributed by atoms with Crippen molar-refractivity contribution in [3.8, 4) is 6.07 Å². The molecule has 0 aliphatic rings. The molecule has 1 aromatic rings. The van der Waals surface area contributed by atoms with E-state index in [0.717, 1.165) is 30.4 Å². The maximum Gasteiger partial charge on any atom is 0.114 e. The minimum Gasteiger partial charge on any atom is -0.303 e. The summed E-state index contributed by atoms with van der Waals surface area (Å²) in [6.07, 6.45) is 1.74. The number of thioether (sulfide) groups is 1. The number of pyridine rings is 1. The molecule has 0 spiro atoms. The lowest BCUT2D eigenvalue weighted by Gasteiger charge is -2.17. The van der Waals surface area contributed by atoms with Crippen molar-refractivity contribution in [1.29, 1.82) is 5.26 Å². The molecule has 0 aliphatic heterocycles. The highest BCUT2D eigenvalue weighted by molar-refractivity contribution is 7.99. The highest BCUT2D eigenvalue weighted by atomic mass is 32.2. The molecular formula is C12H17N3S. The summed E-state index contributed by atoms with van der Waals surface area (Å²) >= 11 is 1.66. The van der Waals surface area contributed by atoms with Crippen molar-refractivity contribution in [2.24, 2.45) is 0 Å². The van der Waals surface area contributed by atoms with Gasteiger partial charge in [0.2, 0.25) is 0 Å². The van der Waals surface area contributed by atoms with Crippen LogP contribution in [0, 0.1) is 11.3 Å². The Labute approximate surface area is 101 Å². The minimum atomic E-state index is 0.673. The highest BCUT2D eigenvalue weighted by Crippen LogP contribution is 2.18. The lowest BCUT2D eigenvalue weighted by Crippen LogP contribution is -2.25. The van der Waals surface area contributed by atoms with Crippen LogP contribution in [0.2, 0.25) is 0 Å². The lowest BCUT2D eigenvalue weighted by molar-refractivity contribution is 0.324. The average Bonchev–Trinajstić information content (AvgIpc) is 2.35. The van der Waals surface area contributed by atoms with Crippen LogP contribution < -0.4 is 0 Å². The zero-order chi connectivity index (χ0) is 11.8. The first kappa shape index (κ1) is 13.0. The zero-order valence-corrected chi connectivity index (χ0v) is 10.6. The van der Waals surface area contributed by atoms with E-state index < -0.39 is 0 Å². The van der Waals surface area contributed by atoms with Crippen LogP contribution in [0.3, 0.4) is 0 Å². The summed E-state index contributed by atoms with van der Waals surface area (Å²) in [6.45, 7) is 7.51. The molecule has 0 radical (unpaired) electrons. The van der Waals surface area contributed by atoms with E-state index >= 15 is 0 Å². The molecule has 0 atom stereocenters. The maximum atomic E-state index is 8.91. The molecule has 1 rings (SSSR count). The fourth-order valence-electron chi connectivity index (χ4n) is 1.40. The van der Waals surface area contributed by atoms with Crippen LogP contribution in [0.4, 0.5) is 0 Å². The summed E-state index contributed by atoms with van der Waals surface area (Å²) in [5.74, 6) is 0.980. The third-order valence-corrected chi connectivity index (χ3v) is 3.42. The Kier molecular flexibility index (Phi) is 5.91. The number of nitrogens with zero attached hydrogens (tertiary/aromatic N) is 3. The number of rotatable bonds is 6. The SMILES string of the molecule is CCN(CC)CCSc1ncccc1C#N. The Bertz CT molecular complexity index is 356. The second kappa shape index (κ2) is 7.26. The molecule has 0 saturated carbocycles. The molecule has 0 unspecified atom stereocenters. The highest BCUT2D eigenvalue weighted by Gasteiger charge is 2.04. The first-order valence-electron chi connectivity index (χ1n) is 5.52. The Morgan fingerprint density at radius 1 is 1.44 bits per heavy atom. The van der Waals surface area contributed by atoms with Crippen LogP contribution in [-0.2, 0) is 0 Å². The normalized spacial score (nSPS) is 10.4. The second-order valence-electron chi connectivity index (χ2n) is 3.34. The molecule has 1 aromatic heterocycles. The molecule has 16 heavy (non-hydrogen) atoms. The largest absolute Gasteiger partial charge is 0.303 e. The number of aromatic nitrogens is 1. The van der Waals surface area contributed by atoms with Gasteiger partial charge >= 0.3 is 0 Å². The standard InChI is InChI=1S/C12H17N3S/c1-3-15(4-2)8-9-16-12-11(10-13)6-5-7-14-12/h5-7H,3-4,8-9H2,1-2H3. The van der Waals surface area contributed by atoms with Gasteiger partial charge in [-0.1, -0.05) is 13.8 Å². The fraction of sp³-hybridized carbons (Fsp3) is 0.500. The molecule has 0 fully saturated rings. The second-order valence-corrected chi connectivity index (χ2v) is 4.43. The van der Waals surface area contributed by atoms with E-state index in [-0.39, 0.29) is 0 Å². The van der Waals surface area contributed by atoms with Crippen molar-refractivity contribution in [2.75, 3.05) is 25.4 Å². The lowest BCUT2D eigenvalue weighted by atomic mass is 10.3. The van der Waals surface area contributed by atoms with Crippen LogP contribution >= 0.6 is 11.8 Å². The van der Waals surface area contributed by atoms with Crippen molar-refractivity contribution >= 4 is 11.8 Å². The molecule has 1 heterocycles. The van der Waals surface area contributed by atoms with Gasteiger partial charge in [-0.3, -0.25) is 0 Å². The zero-order valence-electron chi connectivity index (χ0n) is 9.81. The Hall–Kier alpha value is -1.05. The first-order chi connectivity index (χ1) is 7.81. The molecule has 3 nitrogen and oxygen atoms in total. The third-order valence-electron chi connectivity index (χ3n) is 2.43. The Morgan fingerprint density at radius 2 is 2.19 bits per heavy atom. The smallest absolute Gasteiger partial charge is 0.114 e. The predicted molar refractivity (Wildman–Crippen MR) is 67.5 cm³/mol. The van der Waals surface area contributed by atoms with Crippen molar-refractivity contribution in [3.63, 3.8) is 0 Å². The summed E-state index contributed by atoms with van der Waals surface area (Å²) in [5.41, 5.74) is 0.673. The van der Waals surface area contributed by atoms with E-state index in [2.05, 4.69) is 29.8 Å². The van der Waals surface area contributed by atoms with Crippen molar-refractivity contribution < 1.29 is 0 Å². The van der Waals surface area contributed by atoms with Crippen LogP contribution in [0.15, 0.2) is 23.4 Å². The van der Waals surface area contributed by atoms with Gasteiger partial charge < -0.3 is 4.90 Å². The topological polar surface area (TPSA) is 39.9 Å². The Balaban J connectivity index is 2.46. The van der Waals surface area contributed by atoms with E-state index in [1.165, 1.54) is 0 Å². The molecule has 0 saturated heterocycles. The Morgan fingerprint density at radius 3 is 2.81 bits per heavy atom. The van der Waals surface area contributed by atoms with E-state index in [0.29, 0.717) is 5.56 Å². The van der Waals surface area contributed by atoms with E-state index in [4.69, 9.17) is 5.26 Å². The van der Waals surface area contributed by atoms with Gasteiger partial charge in [-0.25, -0.2) is 4.98 Å². The van der Waals surface area contributed by atoms with Crippen LogP contribution in [0.25, 0.3) is 0 Å². The van der Waals surface area contributed by atoms with Crippen LogP contribution in [-0.4, -0.2) is 35.3 Å². The summed E-state index contributed by atoms with van der Waals surface area (Å²) in [4.78, 5) is 6.58. The molecule has 0 aromatic carbocycles. The predicted octanol–water partition coefficient (Wildman–Crippen LogP) is 2.39. The number of hydrogen-bond donors (Lipinski definition) is 0. The quantitative estimate of drug-likeness (QED) is 0.710. The van der Waals surface area contributed by atoms with E-state index in [1.807, 2.05) is 6.07 Å². The molecule has 0 bridgehead atoms. The van der Waals surface area contributed by atoms with Crippen LogP contribution in [0.1, 0.15) is 19.4 Å². The summed E-state index contributed by atoms with van der Waals surface area (Å²) in [5, 5.41) is 9.75. The minimum absolute atomic E-state index is 0.673. The van der Waals surface area contributed by atoms with E-state index in [1.54, 1.807) is 24.0 Å². The van der Waals surface area contributed by atoms with Gasteiger partial charge in [0.25, 0.3) is 0 Å². The van der Waals surface area contributed by atoms with Gasteiger partial charge in [0.15, 0.2) is 0 Å². The van der Waals surface area contributed by atoms with Gasteiger partial charge in [0.05, 0.1) is 5.56 Å².